The summed E-state index contributed by atoms with van der Waals surface area (Å²) in [6, 6.07) is 0. The third-order valence-electron chi connectivity index (χ3n) is 1.57. The van der Waals surface area contributed by atoms with Gasteiger partial charge in [0.25, 0.3) is 0 Å². The van der Waals surface area contributed by atoms with Gasteiger partial charge in [0.1, 0.15) is 0 Å². The van der Waals surface area contributed by atoms with E-state index in [4.69, 9.17) is 13.3 Å². The van der Waals surface area contributed by atoms with Gasteiger partial charge >= 0.3 is 15.0 Å². The molecule has 0 heterocycles. The first-order valence-corrected chi connectivity index (χ1v) is 5.81. The molecule has 0 aromatic carbocycles. The Morgan fingerprint density at radius 2 is 1.38 bits per heavy atom. The molecule has 0 atom stereocenters. The van der Waals surface area contributed by atoms with Gasteiger partial charge in [-0.25, -0.2) is 0 Å². The van der Waals surface area contributed by atoms with Crippen LogP contribution in [0.3, 0.4) is 0 Å². The zero-order chi connectivity index (χ0) is 10.5. The van der Waals surface area contributed by atoms with E-state index in [0.29, 0.717) is 0 Å². The number of hydrogen-bond acceptors (Lipinski definition) is 6. The molecule has 80 valence electrons. The maximum atomic E-state index is 9.43. The Morgan fingerprint density at radius 3 is 1.62 bits per heavy atom. The van der Waals surface area contributed by atoms with Gasteiger partial charge in [-0.1, -0.05) is 0 Å². The van der Waals surface area contributed by atoms with E-state index < -0.39 is 15.0 Å². The van der Waals surface area contributed by atoms with Crippen LogP contribution in [0, 0.1) is 0 Å². The predicted octanol–water partition coefficient (Wildman–Crippen LogP) is -0.239. The van der Waals surface area contributed by atoms with Gasteiger partial charge in [0.2, 0.25) is 0 Å². The van der Waals surface area contributed by atoms with E-state index in [1.54, 1.807) is 6.55 Å². The van der Waals surface area contributed by atoms with Crippen molar-refractivity contribution in [2.45, 2.75) is 12.7 Å². The van der Waals surface area contributed by atoms with Crippen LogP contribution in [0.15, 0.2) is 0 Å². The van der Waals surface area contributed by atoms with E-state index in [9.17, 15) is 5.11 Å². The van der Waals surface area contributed by atoms with Gasteiger partial charge < -0.3 is 23.4 Å². The lowest BCUT2D eigenvalue weighted by Crippen LogP contribution is -2.51. The zero-order valence-electron chi connectivity index (χ0n) is 8.49. The van der Waals surface area contributed by atoms with Crippen molar-refractivity contribution < 1.29 is 27.9 Å². The highest BCUT2D eigenvalue weighted by Gasteiger charge is 2.44. The lowest BCUT2D eigenvalue weighted by atomic mass is 11.1. The highest BCUT2D eigenvalue weighted by molar-refractivity contribution is 6.59. The molecule has 1 N–H and O–H groups in total. The summed E-state index contributed by atoms with van der Waals surface area (Å²) in [4.78, 5) is 0. The summed E-state index contributed by atoms with van der Waals surface area (Å²) >= 11 is 0. The fourth-order valence-corrected chi connectivity index (χ4v) is 1.54. The fourth-order valence-electron chi connectivity index (χ4n) is 0.568. The molecule has 0 amide bonds. The molecule has 0 rings (SSSR count). The highest BCUT2D eigenvalue weighted by atomic mass is 28.4. The molecule has 6 nitrogen and oxygen atoms in total. The molecular weight excluding hydrogens is 196 g/mol. The molecule has 0 spiro atoms. The van der Waals surface area contributed by atoms with E-state index in [-0.39, 0.29) is 0 Å². The number of hydrogen-bond donors (Lipinski definition) is 1. The second kappa shape index (κ2) is 5.01. The van der Waals surface area contributed by atoms with Crippen molar-refractivity contribution in [1.29, 1.82) is 0 Å². The predicted molar refractivity (Wildman–Crippen MR) is 45.7 cm³/mol. The lowest BCUT2D eigenvalue weighted by Gasteiger charge is -2.31. The van der Waals surface area contributed by atoms with Crippen molar-refractivity contribution >= 4 is 8.80 Å². The Kier molecular flexibility index (Phi) is 5.00. The number of methoxy groups -OCH3 is 2. The molecule has 0 aliphatic rings. The van der Waals surface area contributed by atoms with Crippen molar-refractivity contribution in [3.63, 3.8) is 0 Å². The normalized spacial score (nSPS) is 13.4. The highest BCUT2D eigenvalue weighted by Crippen LogP contribution is 2.17. The Hall–Kier alpha value is -0.0231. The van der Waals surface area contributed by atoms with Gasteiger partial charge in [0.15, 0.2) is 0 Å². The molecule has 0 aromatic heterocycles. The van der Waals surface area contributed by atoms with Gasteiger partial charge in [-0.3, -0.25) is 4.43 Å². The second-order valence-corrected chi connectivity index (χ2v) is 5.05. The molecule has 0 aliphatic carbocycles. The minimum absolute atomic E-state index is 1.24. The Labute approximate surface area is 78.7 Å². The van der Waals surface area contributed by atoms with Crippen molar-refractivity contribution in [3.8, 4) is 0 Å². The smallest absolute Gasteiger partial charge is 0.377 e. The van der Waals surface area contributed by atoms with Crippen molar-refractivity contribution in [3.05, 3.63) is 0 Å². The molecule has 0 saturated heterocycles. The molecule has 0 unspecified atom stereocenters. The Bertz CT molecular complexity index is 128. The second-order valence-electron chi connectivity index (χ2n) is 2.30. The maximum Gasteiger partial charge on any atom is 0.502 e. The van der Waals surface area contributed by atoms with E-state index in [1.165, 1.54) is 28.4 Å². The summed E-state index contributed by atoms with van der Waals surface area (Å²) in [7, 11) is 2.44. The van der Waals surface area contributed by atoms with Gasteiger partial charge in [-0.15, -0.1) is 0 Å². The summed E-state index contributed by atoms with van der Waals surface area (Å²) in [6.45, 7) is 1.59. The Morgan fingerprint density at radius 1 is 1.00 bits per heavy atom. The fraction of sp³-hybridized carbons (Fsp3) is 1.00. The molecule has 0 bridgehead atoms. The molecule has 0 aliphatic heterocycles. The van der Waals surface area contributed by atoms with Gasteiger partial charge in [-0.05, 0) is 0 Å². The van der Waals surface area contributed by atoms with E-state index in [2.05, 4.69) is 9.47 Å². The molecule has 0 fully saturated rings. The quantitative estimate of drug-likeness (QED) is 0.484. The minimum atomic E-state index is -2.87. The van der Waals surface area contributed by atoms with Crippen molar-refractivity contribution in [2.75, 3.05) is 28.4 Å². The average Bonchev–Trinajstić information content (AvgIpc) is 2.17. The average molecular weight is 212 g/mol. The van der Waals surface area contributed by atoms with Crippen LogP contribution in [0.1, 0.15) is 0 Å². The topological polar surface area (TPSA) is 66.4 Å². The van der Waals surface area contributed by atoms with Gasteiger partial charge in [0, 0.05) is 35.0 Å². The first-order valence-electron chi connectivity index (χ1n) is 3.58. The summed E-state index contributed by atoms with van der Waals surface area (Å²) in [5.41, 5.74) is 0. The van der Waals surface area contributed by atoms with Crippen molar-refractivity contribution in [1.82, 2.24) is 0 Å². The van der Waals surface area contributed by atoms with Crippen LogP contribution in [0.4, 0.5) is 0 Å². The van der Waals surface area contributed by atoms with Crippen molar-refractivity contribution in [2.24, 2.45) is 0 Å². The minimum Gasteiger partial charge on any atom is -0.377 e. The Balaban J connectivity index is 4.36. The third kappa shape index (κ3) is 3.69. The molecule has 0 radical (unpaired) electrons. The summed E-state index contributed by atoms with van der Waals surface area (Å²) in [5, 5.41) is 9.43. The molecule has 0 aromatic rings. The van der Waals surface area contributed by atoms with E-state index >= 15 is 0 Å². The number of ether oxygens (including phenoxy) is 2. The lowest BCUT2D eigenvalue weighted by molar-refractivity contribution is -0.451. The third-order valence-corrected chi connectivity index (χ3v) is 3.68. The first kappa shape index (κ1) is 13.0. The van der Waals surface area contributed by atoms with Gasteiger partial charge in [0.05, 0.1) is 0 Å². The van der Waals surface area contributed by atoms with Crippen LogP contribution in [-0.2, 0) is 22.8 Å². The largest absolute Gasteiger partial charge is 0.502 e. The summed E-state index contributed by atoms with van der Waals surface area (Å²) in [5.74, 6) is 0. The molecular formula is C6H16O6Si. The first-order chi connectivity index (χ1) is 5.95. The van der Waals surface area contributed by atoms with Crippen LogP contribution in [-0.4, -0.2) is 48.5 Å². The van der Waals surface area contributed by atoms with Crippen LogP contribution in [0.2, 0.25) is 6.55 Å². The SMILES string of the molecule is COC(O)(OC)O[Si](C)(OC)OC. The standard InChI is InChI=1S/C6H16O6Si/c1-8-6(7,9-2)12-13(5,10-3)11-4/h7H,1-5H3. The zero-order valence-corrected chi connectivity index (χ0v) is 9.49. The molecule has 13 heavy (non-hydrogen) atoms. The van der Waals surface area contributed by atoms with Gasteiger partial charge in [-0.2, -0.15) is 0 Å². The molecule has 0 saturated carbocycles. The number of aliphatic hydroxyl groups is 1. The van der Waals surface area contributed by atoms with Crippen LogP contribution < -0.4 is 0 Å². The maximum absolute atomic E-state index is 9.43. The summed E-state index contributed by atoms with van der Waals surface area (Å²) < 4.78 is 24.1. The van der Waals surface area contributed by atoms with Crippen LogP contribution in [0.25, 0.3) is 0 Å². The number of rotatable bonds is 6. The van der Waals surface area contributed by atoms with E-state index in [1.807, 2.05) is 0 Å². The molecule has 7 heteroatoms. The monoisotopic (exact) mass is 212 g/mol. The van der Waals surface area contributed by atoms with Crippen LogP contribution >= 0.6 is 0 Å². The van der Waals surface area contributed by atoms with E-state index in [0.717, 1.165) is 0 Å². The van der Waals surface area contributed by atoms with Crippen LogP contribution in [0.5, 0.6) is 0 Å². The summed E-state index contributed by atoms with van der Waals surface area (Å²) in [6.07, 6.45) is -2.12.